The van der Waals surface area contributed by atoms with Crippen LogP contribution in [-0.4, -0.2) is 42.9 Å². The Morgan fingerprint density at radius 3 is 2.62 bits per heavy atom. The summed E-state index contributed by atoms with van der Waals surface area (Å²) >= 11 is 1.24. The lowest BCUT2D eigenvalue weighted by atomic mass is 10.1. The van der Waals surface area contributed by atoms with E-state index in [0.29, 0.717) is 39.3 Å². The molecule has 12 nitrogen and oxygen atoms in total. The van der Waals surface area contributed by atoms with Crippen LogP contribution in [0.1, 0.15) is 6.92 Å². The van der Waals surface area contributed by atoms with E-state index in [1.807, 2.05) is 37.3 Å². The molecule has 0 fully saturated rings. The van der Waals surface area contributed by atoms with Gasteiger partial charge in [-0.15, -0.1) is 26.6 Å². The highest BCUT2D eigenvalue weighted by Gasteiger charge is 2.20. The van der Waals surface area contributed by atoms with Gasteiger partial charge in [0.15, 0.2) is 0 Å². The van der Waals surface area contributed by atoms with Crippen molar-refractivity contribution in [3.63, 3.8) is 0 Å². The van der Waals surface area contributed by atoms with E-state index >= 15 is 0 Å². The van der Waals surface area contributed by atoms with E-state index in [0.717, 1.165) is 5.56 Å². The van der Waals surface area contributed by atoms with Crippen molar-refractivity contribution in [2.45, 2.75) is 6.92 Å². The van der Waals surface area contributed by atoms with Gasteiger partial charge in [0, 0.05) is 23.9 Å². The topological polar surface area (TPSA) is 165 Å². The van der Waals surface area contributed by atoms with Gasteiger partial charge in [0.1, 0.15) is 15.7 Å². The van der Waals surface area contributed by atoms with Crippen molar-refractivity contribution in [1.29, 1.82) is 0 Å². The maximum absolute atomic E-state index is 12.0. The van der Waals surface area contributed by atoms with Crippen LogP contribution in [-0.2, 0) is 0 Å². The second-order valence-electron chi connectivity index (χ2n) is 6.83. The molecule has 0 saturated carbocycles. The van der Waals surface area contributed by atoms with Crippen molar-refractivity contribution in [3.05, 3.63) is 59.3 Å². The SMILES string of the molecule is CCNC(=O)Nc1cc(-c2nnc(-c3ccccc3)o2)c(-c2ncc(-c3n[nH]c(=O)o3)s2)cn1. The number of aromatic nitrogens is 6. The van der Waals surface area contributed by atoms with Gasteiger partial charge in [0.2, 0.25) is 11.8 Å². The van der Waals surface area contributed by atoms with Gasteiger partial charge in [-0.1, -0.05) is 18.2 Å². The normalized spacial score (nSPS) is 10.9. The molecule has 0 saturated heterocycles. The second kappa shape index (κ2) is 9.07. The Kier molecular flexibility index (Phi) is 5.66. The molecule has 0 spiro atoms. The number of nitrogens with zero attached hydrogens (tertiary/aromatic N) is 5. The molecular formula is C21H16N8O4S. The standard InChI is InChI=1S/C21H16N8O4S/c1-2-22-20(30)25-15-8-12(17-27-26-16(32-17)11-6-4-3-5-7-11)13(9-23-15)19-24-10-14(34-19)18-28-29-21(31)33-18/h3-10H,2H2,1H3,(H,29,31)(H2,22,23,25,30). The molecule has 0 aliphatic rings. The van der Waals surface area contributed by atoms with Gasteiger partial charge in [0.05, 0.1) is 11.8 Å². The molecule has 0 aliphatic carbocycles. The van der Waals surface area contributed by atoms with E-state index in [4.69, 9.17) is 8.83 Å². The van der Waals surface area contributed by atoms with E-state index < -0.39 is 11.8 Å². The molecule has 0 aliphatic heterocycles. The number of pyridine rings is 1. The molecular weight excluding hydrogens is 460 g/mol. The van der Waals surface area contributed by atoms with Gasteiger partial charge in [-0.3, -0.25) is 5.32 Å². The van der Waals surface area contributed by atoms with Crippen LogP contribution in [0.25, 0.3) is 44.2 Å². The lowest BCUT2D eigenvalue weighted by Crippen LogP contribution is -2.28. The molecule has 2 amide bonds. The Balaban J connectivity index is 1.57. The fourth-order valence-electron chi connectivity index (χ4n) is 3.05. The van der Waals surface area contributed by atoms with E-state index in [1.165, 1.54) is 17.5 Å². The lowest BCUT2D eigenvalue weighted by Gasteiger charge is -2.08. The van der Waals surface area contributed by atoms with Gasteiger partial charge in [-0.2, -0.15) is 0 Å². The molecule has 3 N–H and O–H groups in total. The monoisotopic (exact) mass is 476 g/mol. The van der Waals surface area contributed by atoms with Crippen LogP contribution in [0.2, 0.25) is 0 Å². The number of amides is 2. The first kappa shape index (κ1) is 21.2. The van der Waals surface area contributed by atoms with E-state index in [-0.39, 0.29) is 11.8 Å². The second-order valence-corrected chi connectivity index (χ2v) is 7.86. The van der Waals surface area contributed by atoms with E-state index in [2.05, 4.69) is 41.0 Å². The fourth-order valence-corrected chi connectivity index (χ4v) is 3.92. The number of urea groups is 1. The molecule has 5 aromatic rings. The number of hydrogen-bond donors (Lipinski definition) is 3. The number of thiazole rings is 1. The number of carbonyl (C=O) groups is 1. The number of aromatic amines is 1. The molecule has 0 radical (unpaired) electrons. The minimum Gasteiger partial charge on any atom is -0.416 e. The summed E-state index contributed by atoms with van der Waals surface area (Å²) in [5, 5.41) is 20.3. The van der Waals surface area contributed by atoms with Crippen molar-refractivity contribution < 1.29 is 13.6 Å². The largest absolute Gasteiger partial charge is 0.434 e. The maximum Gasteiger partial charge on any atom is 0.434 e. The van der Waals surface area contributed by atoms with Crippen LogP contribution in [0, 0.1) is 0 Å². The number of carbonyl (C=O) groups excluding carboxylic acids is 1. The third kappa shape index (κ3) is 4.31. The van der Waals surface area contributed by atoms with Crippen LogP contribution in [0.4, 0.5) is 10.6 Å². The molecule has 5 rings (SSSR count). The first-order valence-electron chi connectivity index (χ1n) is 10.1. The highest BCUT2D eigenvalue weighted by Crippen LogP contribution is 2.37. The van der Waals surface area contributed by atoms with Gasteiger partial charge in [-0.25, -0.2) is 24.7 Å². The minimum absolute atomic E-state index is 0.127. The first-order chi connectivity index (χ1) is 16.6. The Bertz CT molecular complexity index is 1500. The van der Waals surface area contributed by atoms with Crippen molar-refractivity contribution in [3.8, 4) is 44.2 Å². The number of nitrogens with one attached hydrogen (secondary N) is 3. The van der Waals surface area contributed by atoms with Crippen LogP contribution in [0.15, 0.2) is 62.4 Å². The Hall–Kier alpha value is -4.65. The summed E-state index contributed by atoms with van der Waals surface area (Å²) in [5.74, 6) is 0.321. The molecule has 170 valence electrons. The predicted octanol–water partition coefficient (Wildman–Crippen LogP) is 3.41. The zero-order valence-corrected chi connectivity index (χ0v) is 18.4. The van der Waals surface area contributed by atoms with Gasteiger partial charge in [0.25, 0.3) is 5.89 Å². The number of rotatable bonds is 6. The summed E-state index contributed by atoms with van der Waals surface area (Å²) in [6, 6.07) is 10.6. The number of hydrogen-bond acceptors (Lipinski definition) is 10. The Morgan fingerprint density at radius 2 is 1.85 bits per heavy atom. The molecule has 13 heteroatoms. The molecule has 4 heterocycles. The Labute approximate surface area is 195 Å². The maximum atomic E-state index is 12.0. The molecule has 0 unspecified atom stereocenters. The van der Waals surface area contributed by atoms with E-state index in [1.54, 1.807) is 12.3 Å². The molecule has 34 heavy (non-hydrogen) atoms. The van der Waals surface area contributed by atoms with Crippen LogP contribution in [0.3, 0.4) is 0 Å². The Morgan fingerprint density at radius 1 is 1.03 bits per heavy atom. The average Bonchev–Trinajstić information content (AvgIpc) is 3.60. The zero-order chi connectivity index (χ0) is 23.5. The van der Waals surface area contributed by atoms with E-state index in [9.17, 15) is 9.59 Å². The third-order valence-corrected chi connectivity index (χ3v) is 5.56. The lowest BCUT2D eigenvalue weighted by molar-refractivity contribution is 0.252. The summed E-state index contributed by atoms with van der Waals surface area (Å²) < 4.78 is 11.0. The smallest absolute Gasteiger partial charge is 0.416 e. The van der Waals surface area contributed by atoms with Crippen molar-refractivity contribution in [1.82, 2.24) is 35.7 Å². The minimum atomic E-state index is -0.660. The van der Waals surface area contributed by atoms with Gasteiger partial charge in [-0.05, 0) is 25.1 Å². The van der Waals surface area contributed by atoms with Crippen molar-refractivity contribution >= 4 is 23.2 Å². The summed E-state index contributed by atoms with van der Waals surface area (Å²) in [6.07, 6.45) is 3.08. The summed E-state index contributed by atoms with van der Waals surface area (Å²) in [5.41, 5.74) is 1.86. The van der Waals surface area contributed by atoms with Crippen molar-refractivity contribution in [2.75, 3.05) is 11.9 Å². The highest BCUT2D eigenvalue weighted by atomic mass is 32.1. The van der Waals surface area contributed by atoms with Gasteiger partial charge < -0.3 is 14.2 Å². The molecule has 1 aromatic carbocycles. The molecule has 0 atom stereocenters. The number of anilines is 1. The van der Waals surface area contributed by atoms with Crippen LogP contribution < -0.4 is 16.4 Å². The van der Waals surface area contributed by atoms with Gasteiger partial charge >= 0.3 is 11.8 Å². The molecule has 4 aromatic heterocycles. The van der Waals surface area contributed by atoms with Crippen LogP contribution in [0.5, 0.6) is 0 Å². The predicted molar refractivity (Wildman–Crippen MR) is 123 cm³/mol. The first-order valence-corrected chi connectivity index (χ1v) is 10.9. The summed E-state index contributed by atoms with van der Waals surface area (Å²) in [4.78, 5) is 32.6. The summed E-state index contributed by atoms with van der Waals surface area (Å²) in [6.45, 7) is 2.28. The van der Waals surface area contributed by atoms with Crippen LogP contribution >= 0.6 is 11.3 Å². The number of benzene rings is 1. The average molecular weight is 476 g/mol. The molecule has 0 bridgehead atoms. The quantitative estimate of drug-likeness (QED) is 0.333. The zero-order valence-electron chi connectivity index (χ0n) is 17.6. The fraction of sp³-hybridized carbons (Fsp3) is 0.0952. The summed E-state index contributed by atoms with van der Waals surface area (Å²) in [7, 11) is 0. The third-order valence-electron chi connectivity index (χ3n) is 4.54. The number of H-pyrrole nitrogens is 1. The van der Waals surface area contributed by atoms with Crippen molar-refractivity contribution in [2.24, 2.45) is 0 Å². The highest BCUT2D eigenvalue weighted by molar-refractivity contribution is 7.18.